The van der Waals surface area contributed by atoms with Gasteiger partial charge in [0.15, 0.2) is 18.7 Å². The largest absolute Gasteiger partial charge is 0.457 e. The van der Waals surface area contributed by atoms with Crippen molar-refractivity contribution >= 4 is 5.97 Å². The maximum Gasteiger partial charge on any atom is 0.303 e. The summed E-state index contributed by atoms with van der Waals surface area (Å²) in [6.45, 7) is 1.39. The molecule has 7 nitrogen and oxygen atoms in total. The first-order chi connectivity index (χ1) is 10.6. The molecule has 3 rings (SSSR count). The summed E-state index contributed by atoms with van der Waals surface area (Å²) in [4.78, 5) is 11.2. The maximum absolute atomic E-state index is 11.2. The molecule has 2 aliphatic rings. The lowest BCUT2D eigenvalue weighted by Gasteiger charge is -2.46. The predicted octanol–water partition coefficient (Wildman–Crippen LogP) is 0.110. The molecule has 0 aromatic heterocycles. The van der Waals surface area contributed by atoms with E-state index in [0.29, 0.717) is 0 Å². The van der Waals surface area contributed by atoms with Gasteiger partial charge in [0.05, 0.1) is 6.61 Å². The van der Waals surface area contributed by atoms with E-state index in [1.165, 1.54) is 6.92 Å². The van der Waals surface area contributed by atoms with Gasteiger partial charge in [0.1, 0.15) is 18.3 Å². The van der Waals surface area contributed by atoms with E-state index in [1.807, 2.05) is 30.3 Å². The van der Waals surface area contributed by atoms with Gasteiger partial charge < -0.3 is 29.2 Å². The standard InChI is InChI=1S/C15H18O7/c1-8(16)20-13-11(17)14(18)21-10-7-19-15(22-12(10)13)9-5-3-2-4-6-9/h2-6,10-15,17-18H,7H2,1H3/t10-,11+,12-,13-,14+,15?/m1/s1. The first-order valence-electron chi connectivity index (χ1n) is 7.07. The molecule has 0 bridgehead atoms. The lowest BCUT2D eigenvalue weighted by molar-refractivity contribution is -0.355. The van der Waals surface area contributed by atoms with Crippen LogP contribution in [0.3, 0.4) is 0 Å². The van der Waals surface area contributed by atoms with Crippen LogP contribution < -0.4 is 0 Å². The zero-order valence-electron chi connectivity index (χ0n) is 12.0. The molecule has 0 saturated carbocycles. The van der Waals surface area contributed by atoms with E-state index in [9.17, 15) is 15.0 Å². The van der Waals surface area contributed by atoms with Gasteiger partial charge in [0, 0.05) is 12.5 Å². The van der Waals surface area contributed by atoms with Crippen molar-refractivity contribution in [2.45, 2.75) is 43.9 Å². The second-order valence-electron chi connectivity index (χ2n) is 5.31. The van der Waals surface area contributed by atoms with E-state index in [4.69, 9.17) is 18.9 Å². The normalized spacial score (nSPS) is 38.1. The highest BCUT2D eigenvalue weighted by Crippen LogP contribution is 2.34. The molecule has 0 spiro atoms. The molecule has 6 atom stereocenters. The van der Waals surface area contributed by atoms with Gasteiger partial charge in [0.25, 0.3) is 0 Å². The molecular formula is C15H18O7. The van der Waals surface area contributed by atoms with Crippen LogP contribution in [0.1, 0.15) is 18.8 Å². The van der Waals surface area contributed by atoms with Crippen molar-refractivity contribution in [3.63, 3.8) is 0 Å². The zero-order chi connectivity index (χ0) is 15.7. The zero-order valence-corrected chi connectivity index (χ0v) is 12.0. The number of aliphatic hydroxyl groups is 2. The number of benzene rings is 1. The molecule has 120 valence electrons. The van der Waals surface area contributed by atoms with Gasteiger partial charge in [0.2, 0.25) is 0 Å². The van der Waals surface area contributed by atoms with Gasteiger partial charge >= 0.3 is 5.97 Å². The molecular weight excluding hydrogens is 292 g/mol. The number of ether oxygens (including phenoxy) is 4. The SMILES string of the molecule is CC(=O)O[C@@H]1[C@H](O)[C@@H](O)O[C@@H]2COC(c3ccccc3)O[C@@H]12. The van der Waals surface area contributed by atoms with Crippen molar-refractivity contribution < 1.29 is 34.0 Å². The molecule has 2 fully saturated rings. The minimum Gasteiger partial charge on any atom is -0.457 e. The van der Waals surface area contributed by atoms with Gasteiger partial charge in [-0.3, -0.25) is 4.79 Å². The Morgan fingerprint density at radius 3 is 2.64 bits per heavy atom. The summed E-state index contributed by atoms with van der Waals surface area (Å²) in [5, 5.41) is 19.7. The minimum absolute atomic E-state index is 0.159. The molecule has 2 heterocycles. The number of esters is 1. The van der Waals surface area contributed by atoms with E-state index < -0.39 is 43.0 Å². The molecule has 1 aromatic carbocycles. The van der Waals surface area contributed by atoms with Crippen LogP contribution in [0.25, 0.3) is 0 Å². The molecule has 2 N–H and O–H groups in total. The average Bonchev–Trinajstić information content (AvgIpc) is 2.52. The molecule has 1 aromatic rings. The first kappa shape index (κ1) is 15.4. The van der Waals surface area contributed by atoms with Gasteiger partial charge in [-0.05, 0) is 0 Å². The van der Waals surface area contributed by atoms with Crippen molar-refractivity contribution in [1.82, 2.24) is 0 Å². The van der Waals surface area contributed by atoms with Crippen molar-refractivity contribution in [2.75, 3.05) is 6.61 Å². The fourth-order valence-electron chi connectivity index (χ4n) is 2.68. The van der Waals surface area contributed by atoms with Gasteiger partial charge in [-0.1, -0.05) is 30.3 Å². The van der Waals surface area contributed by atoms with E-state index in [-0.39, 0.29) is 6.61 Å². The minimum atomic E-state index is -1.45. The molecule has 2 aliphatic heterocycles. The van der Waals surface area contributed by atoms with Crippen LogP contribution in [0.5, 0.6) is 0 Å². The number of carbonyl (C=O) groups is 1. The van der Waals surface area contributed by atoms with E-state index in [0.717, 1.165) is 5.56 Å². The molecule has 22 heavy (non-hydrogen) atoms. The van der Waals surface area contributed by atoms with Crippen molar-refractivity contribution in [3.05, 3.63) is 35.9 Å². The third-order valence-electron chi connectivity index (χ3n) is 3.70. The highest BCUT2D eigenvalue weighted by atomic mass is 16.7. The number of carbonyl (C=O) groups excluding carboxylic acids is 1. The number of aliphatic hydroxyl groups excluding tert-OH is 2. The summed E-state index contributed by atoms with van der Waals surface area (Å²) < 4.78 is 21.8. The Labute approximate surface area is 127 Å². The molecule has 0 aliphatic carbocycles. The average molecular weight is 310 g/mol. The Kier molecular flexibility index (Phi) is 4.42. The van der Waals surface area contributed by atoms with Gasteiger partial charge in [-0.15, -0.1) is 0 Å². The second-order valence-corrected chi connectivity index (χ2v) is 5.31. The summed E-state index contributed by atoms with van der Waals surface area (Å²) in [6, 6.07) is 9.28. The fraction of sp³-hybridized carbons (Fsp3) is 0.533. The van der Waals surface area contributed by atoms with Crippen LogP contribution in [-0.4, -0.2) is 53.5 Å². The molecule has 7 heteroatoms. The van der Waals surface area contributed by atoms with Crippen LogP contribution in [0.2, 0.25) is 0 Å². The molecule has 0 amide bonds. The van der Waals surface area contributed by atoms with Crippen molar-refractivity contribution in [2.24, 2.45) is 0 Å². The molecule has 0 radical (unpaired) electrons. The van der Waals surface area contributed by atoms with Crippen LogP contribution in [0.15, 0.2) is 30.3 Å². The fourth-order valence-corrected chi connectivity index (χ4v) is 2.68. The molecule has 1 unspecified atom stereocenters. The van der Waals surface area contributed by atoms with E-state index >= 15 is 0 Å². The van der Waals surface area contributed by atoms with Crippen molar-refractivity contribution in [1.29, 1.82) is 0 Å². The Morgan fingerprint density at radius 2 is 1.95 bits per heavy atom. The lowest BCUT2D eigenvalue weighted by atomic mass is 9.97. The van der Waals surface area contributed by atoms with Crippen LogP contribution in [0, 0.1) is 0 Å². The Hall–Kier alpha value is -1.51. The third kappa shape index (κ3) is 2.99. The number of hydrogen-bond acceptors (Lipinski definition) is 7. The van der Waals surface area contributed by atoms with Gasteiger partial charge in [-0.2, -0.15) is 0 Å². The van der Waals surface area contributed by atoms with Crippen LogP contribution in [0.4, 0.5) is 0 Å². The summed E-state index contributed by atoms with van der Waals surface area (Å²) in [5.74, 6) is -0.566. The smallest absolute Gasteiger partial charge is 0.303 e. The number of fused-ring (bicyclic) bond motifs is 1. The van der Waals surface area contributed by atoms with Crippen molar-refractivity contribution in [3.8, 4) is 0 Å². The summed E-state index contributed by atoms with van der Waals surface area (Å²) >= 11 is 0. The Balaban J connectivity index is 1.80. The topological polar surface area (TPSA) is 94.5 Å². The van der Waals surface area contributed by atoms with E-state index in [1.54, 1.807) is 0 Å². The predicted molar refractivity (Wildman–Crippen MR) is 72.4 cm³/mol. The van der Waals surface area contributed by atoms with Crippen LogP contribution in [-0.2, 0) is 23.7 Å². The van der Waals surface area contributed by atoms with E-state index in [2.05, 4.69) is 0 Å². The maximum atomic E-state index is 11.2. The summed E-state index contributed by atoms with van der Waals surface area (Å²) in [7, 11) is 0. The highest BCUT2D eigenvalue weighted by molar-refractivity contribution is 5.66. The number of hydrogen-bond donors (Lipinski definition) is 2. The summed E-state index contributed by atoms with van der Waals surface area (Å²) in [5.41, 5.74) is 0.808. The lowest BCUT2D eigenvalue weighted by Crippen LogP contribution is -2.62. The van der Waals surface area contributed by atoms with Gasteiger partial charge in [-0.25, -0.2) is 0 Å². The highest BCUT2D eigenvalue weighted by Gasteiger charge is 2.50. The Bertz CT molecular complexity index is 520. The first-order valence-corrected chi connectivity index (χ1v) is 7.07. The van der Waals surface area contributed by atoms with Crippen LogP contribution >= 0.6 is 0 Å². The third-order valence-corrected chi connectivity index (χ3v) is 3.70. The second kappa shape index (κ2) is 6.31. The monoisotopic (exact) mass is 310 g/mol. The number of rotatable bonds is 2. The quantitative estimate of drug-likeness (QED) is 0.749. The summed E-state index contributed by atoms with van der Waals surface area (Å²) in [6.07, 6.45) is -5.83. The molecule has 2 saturated heterocycles. The Morgan fingerprint density at radius 1 is 1.23 bits per heavy atom.